The van der Waals surface area contributed by atoms with Gasteiger partial charge in [-0.15, -0.1) is 5.10 Å². The third-order valence-corrected chi connectivity index (χ3v) is 4.97. The largest absolute Gasteiger partial charge is 0.468 e. The average Bonchev–Trinajstić information content (AvgIpc) is 3.24. The van der Waals surface area contributed by atoms with Crippen molar-refractivity contribution in [2.24, 2.45) is 0 Å². The first-order chi connectivity index (χ1) is 12.8. The molecule has 0 amide bonds. The second kappa shape index (κ2) is 7.37. The number of thioether (sulfide) groups is 1. The third-order valence-electron chi connectivity index (χ3n) is 4.13. The second-order valence-corrected chi connectivity index (χ2v) is 6.98. The summed E-state index contributed by atoms with van der Waals surface area (Å²) in [4.78, 5) is 16.7. The fourth-order valence-corrected chi connectivity index (χ4v) is 3.49. The molecule has 3 aromatic rings. The van der Waals surface area contributed by atoms with E-state index in [-0.39, 0.29) is 5.97 Å². The summed E-state index contributed by atoms with van der Waals surface area (Å²) in [5, 5.41) is 5.35. The van der Waals surface area contributed by atoms with Crippen molar-refractivity contribution in [3.63, 3.8) is 0 Å². The summed E-state index contributed by atoms with van der Waals surface area (Å²) in [6.07, 6.45) is 3.81. The van der Waals surface area contributed by atoms with Gasteiger partial charge in [0.1, 0.15) is 17.1 Å². The van der Waals surface area contributed by atoms with E-state index in [0.29, 0.717) is 34.8 Å². The van der Waals surface area contributed by atoms with E-state index in [1.807, 2.05) is 35.0 Å². The van der Waals surface area contributed by atoms with Crippen LogP contribution in [0.4, 0.5) is 0 Å². The van der Waals surface area contributed by atoms with Gasteiger partial charge in [-0.05, 0) is 38.0 Å². The molecule has 2 aromatic heterocycles. The van der Waals surface area contributed by atoms with Crippen molar-refractivity contribution in [2.45, 2.75) is 36.6 Å². The normalized spacial score (nSPS) is 13.7. The molecule has 0 radical (unpaired) electrons. The zero-order valence-electron chi connectivity index (χ0n) is 14.4. The van der Waals surface area contributed by atoms with Gasteiger partial charge in [0.2, 0.25) is 5.16 Å². The quantitative estimate of drug-likeness (QED) is 0.459. The average molecular weight is 369 g/mol. The van der Waals surface area contributed by atoms with Crippen LogP contribution < -0.4 is 0 Å². The molecule has 0 spiro atoms. The predicted octanol–water partition coefficient (Wildman–Crippen LogP) is 4.21. The van der Waals surface area contributed by atoms with Gasteiger partial charge in [-0.1, -0.05) is 30.0 Å². The number of hydrogen-bond donors (Lipinski definition) is 0. The summed E-state index contributed by atoms with van der Waals surface area (Å²) in [5.41, 5.74) is 1.48. The molecule has 0 saturated heterocycles. The lowest BCUT2D eigenvalue weighted by Crippen LogP contribution is -2.05. The van der Waals surface area contributed by atoms with Crippen molar-refractivity contribution in [3.8, 4) is 5.69 Å². The Hall–Kier alpha value is -2.54. The standard InChI is InChI=1S/C19H19N3O3S/c1-2-24-18(23)15-10-11-25-16(15)12-26-19-20-17(13-8-9-13)22(21-19)14-6-4-3-5-7-14/h3-7,10-11,13H,2,8-9,12H2,1H3. The number of hydrogen-bond acceptors (Lipinski definition) is 6. The van der Waals surface area contributed by atoms with Crippen molar-refractivity contribution < 1.29 is 13.9 Å². The summed E-state index contributed by atoms with van der Waals surface area (Å²) in [6.45, 7) is 2.12. The summed E-state index contributed by atoms with van der Waals surface area (Å²) in [7, 11) is 0. The molecule has 1 aromatic carbocycles. The molecule has 134 valence electrons. The Morgan fingerprint density at radius 2 is 2.12 bits per heavy atom. The number of benzene rings is 1. The Kier molecular flexibility index (Phi) is 4.79. The van der Waals surface area contributed by atoms with E-state index >= 15 is 0 Å². The molecule has 1 aliphatic carbocycles. The lowest BCUT2D eigenvalue weighted by atomic mass is 10.3. The molecule has 2 heterocycles. The molecule has 7 heteroatoms. The Morgan fingerprint density at radius 1 is 1.31 bits per heavy atom. The number of rotatable bonds is 7. The van der Waals surface area contributed by atoms with Gasteiger partial charge in [-0.2, -0.15) is 0 Å². The van der Waals surface area contributed by atoms with Gasteiger partial charge < -0.3 is 9.15 Å². The summed E-state index contributed by atoms with van der Waals surface area (Å²) < 4.78 is 12.4. The number of carbonyl (C=O) groups excluding carboxylic acids is 1. The number of para-hydroxylation sites is 1. The molecule has 0 atom stereocenters. The predicted molar refractivity (Wildman–Crippen MR) is 97.6 cm³/mol. The van der Waals surface area contributed by atoms with Crippen molar-refractivity contribution in [3.05, 3.63) is 59.8 Å². The molecule has 6 nitrogen and oxygen atoms in total. The summed E-state index contributed by atoms with van der Waals surface area (Å²) >= 11 is 1.46. The summed E-state index contributed by atoms with van der Waals surface area (Å²) in [5.74, 6) is 2.18. The lowest BCUT2D eigenvalue weighted by molar-refractivity contribution is 0.0524. The molecular formula is C19H19N3O3S. The number of aromatic nitrogens is 3. The zero-order valence-corrected chi connectivity index (χ0v) is 15.2. The van der Waals surface area contributed by atoms with E-state index in [9.17, 15) is 4.79 Å². The van der Waals surface area contributed by atoms with Gasteiger partial charge in [0, 0.05) is 5.92 Å². The molecule has 1 aliphatic rings. The maximum atomic E-state index is 12.0. The molecular weight excluding hydrogens is 350 g/mol. The van der Waals surface area contributed by atoms with Gasteiger partial charge in [-0.25, -0.2) is 14.5 Å². The van der Waals surface area contributed by atoms with Crippen molar-refractivity contribution in [2.75, 3.05) is 6.61 Å². The number of nitrogens with zero attached hydrogens (tertiary/aromatic N) is 3. The smallest absolute Gasteiger partial charge is 0.341 e. The highest BCUT2D eigenvalue weighted by atomic mass is 32.2. The fraction of sp³-hybridized carbons (Fsp3) is 0.316. The van der Waals surface area contributed by atoms with Gasteiger partial charge in [0.25, 0.3) is 0 Å². The van der Waals surface area contributed by atoms with Crippen LogP contribution in [0.25, 0.3) is 5.69 Å². The van der Waals surface area contributed by atoms with E-state index in [2.05, 4.69) is 5.10 Å². The maximum absolute atomic E-state index is 12.0. The van der Waals surface area contributed by atoms with E-state index in [0.717, 1.165) is 24.4 Å². The molecule has 1 fully saturated rings. The maximum Gasteiger partial charge on any atom is 0.341 e. The van der Waals surface area contributed by atoms with E-state index in [4.69, 9.17) is 14.1 Å². The number of ether oxygens (including phenoxy) is 1. The number of furan rings is 1. The Balaban J connectivity index is 1.53. The fourth-order valence-electron chi connectivity index (χ4n) is 2.70. The molecule has 0 aliphatic heterocycles. The van der Waals surface area contributed by atoms with Gasteiger partial charge in [0.05, 0.1) is 24.3 Å². The Bertz CT molecular complexity index is 900. The topological polar surface area (TPSA) is 70.2 Å². The monoisotopic (exact) mass is 369 g/mol. The minimum absolute atomic E-state index is 0.338. The van der Waals surface area contributed by atoms with E-state index in [1.54, 1.807) is 13.0 Å². The van der Waals surface area contributed by atoms with Crippen LogP contribution in [0.15, 0.2) is 52.2 Å². The Labute approximate surface area is 155 Å². The minimum Gasteiger partial charge on any atom is -0.468 e. The summed E-state index contributed by atoms with van der Waals surface area (Å²) in [6, 6.07) is 11.7. The third kappa shape index (κ3) is 3.53. The first-order valence-electron chi connectivity index (χ1n) is 8.65. The molecule has 0 unspecified atom stereocenters. The first kappa shape index (κ1) is 16.9. The highest BCUT2D eigenvalue weighted by Gasteiger charge is 2.30. The van der Waals surface area contributed by atoms with Gasteiger partial charge >= 0.3 is 5.97 Å². The highest BCUT2D eigenvalue weighted by Crippen LogP contribution is 2.40. The molecule has 4 rings (SSSR count). The van der Waals surface area contributed by atoms with E-state index < -0.39 is 0 Å². The highest BCUT2D eigenvalue weighted by molar-refractivity contribution is 7.98. The molecule has 1 saturated carbocycles. The molecule has 26 heavy (non-hydrogen) atoms. The van der Waals surface area contributed by atoms with Crippen molar-refractivity contribution in [1.29, 1.82) is 0 Å². The van der Waals surface area contributed by atoms with Crippen molar-refractivity contribution >= 4 is 17.7 Å². The van der Waals surface area contributed by atoms with Crippen LogP contribution in [-0.4, -0.2) is 27.3 Å². The van der Waals surface area contributed by atoms with Gasteiger partial charge in [-0.3, -0.25) is 0 Å². The zero-order chi connectivity index (χ0) is 17.9. The van der Waals surface area contributed by atoms with Crippen LogP contribution in [-0.2, 0) is 10.5 Å². The molecule has 0 N–H and O–H groups in total. The first-order valence-corrected chi connectivity index (χ1v) is 9.63. The van der Waals surface area contributed by atoms with Gasteiger partial charge in [0.15, 0.2) is 0 Å². The van der Waals surface area contributed by atoms with Crippen LogP contribution in [0.5, 0.6) is 0 Å². The number of carbonyl (C=O) groups is 1. The van der Waals surface area contributed by atoms with Crippen LogP contribution in [0.3, 0.4) is 0 Å². The van der Waals surface area contributed by atoms with Crippen LogP contribution in [0.1, 0.15) is 47.6 Å². The minimum atomic E-state index is -0.363. The van der Waals surface area contributed by atoms with E-state index in [1.165, 1.54) is 18.0 Å². The van der Waals surface area contributed by atoms with Crippen LogP contribution >= 0.6 is 11.8 Å². The van der Waals surface area contributed by atoms with Crippen molar-refractivity contribution in [1.82, 2.24) is 14.8 Å². The Morgan fingerprint density at radius 3 is 2.85 bits per heavy atom. The SMILES string of the molecule is CCOC(=O)c1ccoc1CSc1nc(C2CC2)n(-c2ccccc2)n1. The molecule has 0 bridgehead atoms. The second-order valence-electron chi connectivity index (χ2n) is 6.04. The van der Waals surface area contributed by atoms with Crippen LogP contribution in [0, 0.1) is 0 Å². The number of esters is 1. The lowest BCUT2D eigenvalue weighted by Gasteiger charge is -2.03. The van der Waals surface area contributed by atoms with Crippen LogP contribution in [0.2, 0.25) is 0 Å².